The van der Waals surface area contributed by atoms with Gasteiger partial charge in [0.15, 0.2) is 0 Å². The Bertz CT molecular complexity index is 68.2. The van der Waals surface area contributed by atoms with Crippen LogP contribution in [-0.2, 0) is 0 Å². The summed E-state index contributed by atoms with van der Waals surface area (Å²) < 4.78 is 34.3. The minimum absolute atomic E-state index is 0.0868. The second-order valence-corrected chi connectivity index (χ2v) is 2.15. The maximum Gasteiger partial charge on any atom is 0.391 e. The lowest BCUT2D eigenvalue weighted by atomic mass is 10.2. The first-order chi connectivity index (χ1) is 3.48. The number of halogens is 3. The molecule has 50 valence electrons. The maximum absolute atomic E-state index is 11.4. The fourth-order valence-electron chi connectivity index (χ4n) is 0.134. The van der Waals surface area contributed by atoms with Gasteiger partial charge in [0.05, 0.1) is 5.92 Å². The van der Waals surface area contributed by atoms with Crippen molar-refractivity contribution in [1.29, 1.82) is 0 Å². The number of alkyl halides is 3. The Kier molecular flexibility index (Phi) is 2.75. The fraction of sp³-hybridized carbons (Fsp3) is 1.00. The third-order valence-electron chi connectivity index (χ3n) is 0.912. The highest BCUT2D eigenvalue weighted by molar-refractivity contribution is 7.16. The van der Waals surface area contributed by atoms with E-state index in [-0.39, 0.29) is 6.16 Å². The summed E-state index contributed by atoms with van der Waals surface area (Å²) in [7, 11) is 2.06. The molecule has 0 heterocycles. The average molecular weight is 144 g/mol. The molecule has 1 unspecified atom stereocenters. The number of hydrogen-bond acceptors (Lipinski definition) is 0. The van der Waals surface area contributed by atoms with Crippen LogP contribution in [0.15, 0.2) is 0 Å². The summed E-state index contributed by atoms with van der Waals surface area (Å²) in [5.74, 6) is -1.19. The van der Waals surface area contributed by atoms with E-state index in [1.807, 2.05) is 0 Å². The molecule has 0 radical (unpaired) electrons. The molecule has 0 nitrogen and oxygen atoms in total. The van der Waals surface area contributed by atoms with Crippen molar-refractivity contribution < 1.29 is 13.2 Å². The molecule has 0 rings (SSSR count). The van der Waals surface area contributed by atoms with Crippen molar-refractivity contribution in [3.63, 3.8) is 0 Å². The number of hydrogen-bond donors (Lipinski definition) is 0. The Hall–Kier alpha value is 0.220. The minimum Gasteiger partial charge on any atom is -0.171 e. The molecule has 0 spiro atoms. The summed E-state index contributed by atoms with van der Waals surface area (Å²) in [6.07, 6.45) is -3.93. The summed E-state index contributed by atoms with van der Waals surface area (Å²) >= 11 is 0. The predicted molar refractivity (Wildman–Crippen MR) is 29.8 cm³/mol. The van der Waals surface area contributed by atoms with E-state index in [4.69, 9.17) is 0 Å². The lowest BCUT2D eigenvalue weighted by molar-refractivity contribution is -0.163. The summed E-state index contributed by atoms with van der Waals surface area (Å²) in [5.41, 5.74) is 0. The molecule has 0 fully saturated rings. The Morgan fingerprint density at radius 1 is 1.50 bits per heavy atom. The van der Waals surface area contributed by atoms with Gasteiger partial charge in [-0.25, -0.2) is 0 Å². The van der Waals surface area contributed by atoms with Gasteiger partial charge in [-0.05, 0) is 6.16 Å². The molecule has 0 aromatic heterocycles. The van der Waals surface area contributed by atoms with Crippen molar-refractivity contribution in [2.24, 2.45) is 5.92 Å². The van der Waals surface area contributed by atoms with E-state index in [2.05, 4.69) is 9.24 Å². The van der Waals surface area contributed by atoms with Crippen molar-refractivity contribution in [3.8, 4) is 0 Å². The van der Waals surface area contributed by atoms with Crippen LogP contribution in [0.4, 0.5) is 13.2 Å². The molecule has 8 heavy (non-hydrogen) atoms. The van der Waals surface area contributed by atoms with Crippen LogP contribution in [0.3, 0.4) is 0 Å². The summed E-state index contributed by atoms with van der Waals surface area (Å²) in [6.45, 7) is 1.16. The molecule has 0 saturated carbocycles. The SMILES string of the molecule is C[C@H](CP)C(F)(F)F. The van der Waals surface area contributed by atoms with Crippen LogP contribution in [0, 0.1) is 5.92 Å². The molecule has 4 heteroatoms. The Morgan fingerprint density at radius 3 is 1.88 bits per heavy atom. The lowest BCUT2D eigenvalue weighted by Crippen LogP contribution is -2.20. The summed E-state index contributed by atoms with van der Waals surface area (Å²) in [5, 5.41) is 0. The molecular weight excluding hydrogens is 136 g/mol. The third-order valence-corrected chi connectivity index (χ3v) is 1.62. The second kappa shape index (κ2) is 2.67. The number of rotatable bonds is 1. The highest BCUT2D eigenvalue weighted by atomic mass is 31.0. The van der Waals surface area contributed by atoms with Crippen LogP contribution >= 0.6 is 9.24 Å². The first kappa shape index (κ1) is 8.22. The molecule has 0 bridgehead atoms. The van der Waals surface area contributed by atoms with Gasteiger partial charge < -0.3 is 0 Å². The average Bonchev–Trinajstić information content (AvgIpc) is 1.62. The summed E-state index contributed by atoms with van der Waals surface area (Å²) in [4.78, 5) is 0. The molecule has 0 aliphatic rings. The monoisotopic (exact) mass is 144 g/mol. The highest BCUT2D eigenvalue weighted by Crippen LogP contribution is 2.26. The molecule has 0 saturated heterocycles. The van der Waals surface area contributed by atoms with Gasteiger partial charge in [-0.1, -0.05) is 6.92 Å². The normalized spacial score (nSPS) is 16.1. The molecular formula is C4H8F3P. The highest BCUT2D eigenvalue weighted by Gasteiger charge is 2.34. The quantitative estimate of drug-likeness (QED) is 0.494. The van der Waals surface area contributed by atoms with Crippen LogP contribution < -0.4 is 0 Å². The van der Waals surface area contributed by atoms with E-state index >= 15 is 0 Å². The summed E-state index contributed by atoms with van der Waals surface area (Å²) in [6, 6.07) is 0. The molecule has 0 aromatic carbocycles. The van der Waals surface area contributed by atoms with E-state index < -0.39 is 12.1 Å². The third kappa shape index (κ3) is 2.51. The van der Waals surface area contributed by atoms with E-state index in [9.17, 15) is 13.2 Å². The molecule has 0 N–H and O–H groups in total. The molecule has 0 amide bonds. The van der Waals surface area contributed by atoms with Crippen molar-refractivity contribution >= 4 is 9.24 Å². The Labute approximate surface area is 48.7 Å². The fourth-order valence-corrected chi connectivity index (χ4v) is 0.401. The van der Waals surface area contributed by atoms with Gasteiger partial charge in [0.25, 0.3) is 0 Å². The first-order valence-electron chi connectivity index (χ1n) is 2.25. The van der Waals surface area contributed by atoms with Gasteiger partial charge >= 0.3 is 6.18 Å². The smallest absolute Gasteiger partial charge is 0.171 e. The van der Waals surface area contributed by atoms with Crippen LogP contribution in [0.5, 0.6) is 0 Å². The largest absolute Gasteiger partial charge is 0.391 e. The lowest BCUT2D eigenvalue weighted by Gasteiger charge is -2.11. The van der Waals surface area contributed by atoms with Crippen molar-refractivity contribution in [2.45, 2.75) is 13.1 Å². The van der Waals surface area contributed by atoms with Gasteiger partial charge in [0, 0.05) is 0 Å². The van der Waals surface area contributed by atoms with Crippen LogP contribution in [-0.4, -0.2) is 12.3 Å². The zero-order valence-corrected chi connectivity index (χ0v) is 5.65. The Morgan fingerprint density at radius 2 is 1.88 bits per heavy atom. The second-order valence-electron chi connectivity index (χ2n) is 1.68. The van der Waals surface area contributed by atoms with Gasteiger partial charge in [-0.3, -0.25) is 0 Å². The first-order valence-corrected chi connectivity index (χ1v) is 3.07. The molecule has 2 atom stereocenters. The van der Waals surface area contributed by atoms with Gasteiger partial charge in [-0.2, -0.15) is 13.2 Å². The Balaban J connectivity index is 3.62. The molecule has 0 aliphatic carbocycles. The molecule has 0 aromatic rings. The zero-order valence-electron chi connectivity index (χ0n) is 4.50. The van der Waals surface area contributed by atoms with Gasteiger partial charge in [0.2, 0.25) is 0 Å². The van der Waals surface area contributed by atoms with E-state index in [0.29, 0.717) is 0 Å². The van der Waals surface area contributed by atoms with Crippen molar-refractivity contribution in [3.05, 3.63) is 0 Å². The van der Waals surface area contributed by atoms with Gasteiger partial charge in [0.1, 0.15) is 0 Å². The predicted octanol–water partition coefficient (Wildman–Crippen LogP) is 2.06. The van der Waals surface area contributed by atoms with Crippen molar-refractivity contribution in [1.82, 2.24) is 0 Å². The minimum atomic E-state index is -4.01. The van der Waals surface area contributed by atoms with E-state index in [0.717, 1.165) is 6.92 Å². The van der Waals surface area contributed by atoms with Crippen LogP contribution in [0.2, 0.25) is 0 Å². The van der Waals surface area contributed by atoms with Gasteiger partial charge in [-0.15, -0.1) is 9.24 Å². The van der Waals surface area contributed by atoms with Crippen molar-refractivity contribution in [2.75, 3.05) is 6.16 Å². The van der Waals surface area contributed by atoms with E-state index in [1.165, 1.54) is 0 Å². The standard InChI is InChI=1S/C4H8F3P/c1-3(2-8)4(5,6)7/h3H,2,8H2,1H3/t3-/m1/s1. The van der Waals surface area contributed by atoms with Crippen LogP contribution in [0.25, 0.3) is 0 Å². The van der Waals surface area contributed by atoms with E-state index in [1.54, 1.807) is 0 Å². The van der Waals surface area contributed by atoms with Crippen LogP contribution in [0.1, 0.15) is 6.92 Å². The zero-order chi connectivity index (χ0) is 6.78. The maximum atomic E-state index is 11.4. The topological polar surface area (TPSA) is 0 Å². The molecule has 0 aliphatic heterocycles.